The molecular weight excluding hydrogens is 554 g/mol. The van der Waals surface area contributed by atoms with Gasteiger partial charge in [0.15, 0.2) is 5.78 Å². The van der Waals surface area contributed by atoms with Crippen molar-refractivity contribution >= 4 is 23.3 Å². The van der Waals surface area contributed by atoms with Crippen LogP contribution >= 0.6 is 0 Å². The lowest BCUT2D eigenvalue weighted by Crippen LogP contribution is -2.50. The van der Waals surface area contributed by atoms with Crippen molar-refractivity contribution in [1.82, 2.24) is 0 Å². The summed E-state index contributed by atoms with van der Waals surface area (Å²) >= 11 is 0. The van der Waals surface area contributed by atoms with Crippen LogP contribution in [0.25, 0.3) is 0 Å². The van der Waals surface area contributed by atoms with Crippen LogP contribution in [0.5, 0.6) is 0 Å². The molecule has 8 nitrogen and oxygen atoms in total. The number of hydrogen-bond acceptors (Lipinski definition) is 7. The molecule has 1 amide bonds. The summed E-state index contributed by atoms with van der Waals surface area (Å²) in [5, 5.41) is 10.3. The monoisotopic (exact) mass is 589 g/mol. The number of nitriles is 1. The molecule has 0 saturated carbocycles. The number of ketones is 1. The predicted molar refractivity (Wildman–Crippen MR) is 168 cm³/mol. The van der Waals surface area contributed by atoms with E-state index in [1.807, 2.05) is 60.7 Å². The molecule has 44 heavy (non-hydrogen) atoms. The van der Waals surface area contributed by atoms with E-state index in [4.69, 9.17) is 15.2 Å². The third-order valence-electron chi connectivity index (χ3n) is 7.30. The third kappa shape index (κ3) is 7.45. The summed E-state index contributed by atoms with van der Waals surface area (Å²) in [6.07, 6.45) is 0.335. The van der Waals surface area contributed by atoms with Gasteiger partial charge in [0, 0.05) is 5.56 Å². The van der Waals surface area contributed by atoms with Gasteiger partial charge >= 0.3 is 5.97 Å². The second kappa shape index (κ2) is 15.4. The summed E-state index contributed by atoms with van der Waals surface area (Å²) < 4.78 is 10.7. The largest absolute Gasteiger partial charge is 0.465 e. The molecule has 2 unspecified atom stereocenters. The minimum Gasteiger partial charge on any atom is -0.465 e. The first-order valence-electron chi connectivity index (χ1n) is 14.4. The van der Waals surface area contributed by atoms with Gasteiger partial charge in [-0.2, -0.15) is 5.26 Å². The third-order valence-corrected chi connectivity index (χ3v) is 7.30. The van der Waals surface area contributed by atoms with Crippen molar-refractivity contribution in [3.05, 3.63) is 137 Å². The van der Waals surface area contributed by atoms with Gasteiger partial charge in [0.2, 0.25) is 5.91 Å². The maximum atomic E-state index is 14.4. The van der Waals surface area contributed by atoms with Crippen LogP contribution in [-0.4, -0.2) is 43.5 Å². The highest BCUT2D eigenvalue weighted by Crippen LogP contribution is 2.33. The minimum atomic E-state index is -1.09. The second-order valence-corrected chi connectivity index (χ2v) is 10.2. The number of Topliss-reactive ketones (excluding diaryl/α,β-unsaturated/α-hetero) is 1. The molecular formula is C36H35N3O5. The quantitative estimate of drug-likeness (QED) is 0.158. The molecule has 2 N–H and O–H groups in total. The van der Waals surface area contributed by atoms with E-state index in [9.17, 15) is 19.6 Å². The van der Waals surface area contributed by atoms with Gasteiger partial charge in [-0.15, -0.1) is 0 Å². The Hall–Kier alpha value is -5.10. The maximum Gasteiger partial charge on any atom is 0.337 e. The van der Waals surface area contributed by atoms with Gasteiger partial charge < -0.3 is 15.2 Å². The Labute approximate surface area is 257 Å². The topological polar surface area (TPSA) is 123 Å². The van der Waals surface area contributed by atoms with Crippen molar-refractivity contribution in [2.75, 3.05) is 18.6 Å². The number of anilines is 1. The van der Waals surface area contributed by atoms with E-state index in [1.54, 1.807) is 55.5 Å². The number of benzene rings is 4. The SMILES string of the molecule is CCC(N)C(=O)N(c1ccccc1C(=O)C(c1ccccc1)c1ccccc1)C(C#N)COCc1cccc(C(=O)OC)c1. The Kier molecular flexibility index (Phi) is 11.1. The molecule has 0 radical (unpaired) electrons. The van der Waals surface area contributed by atoms with Gasteiger partial charge in [-0.3, -0.25) is 14.5 Å². The Morgan fingerprint density at radius 3 is 2.07 bits per heavy atom. The first-order valence-corrected chi connectivity index (χ1v) is 14.4. The zero-order valence-electron chi connectivity index (χ0n) is 24.8. The summed E-state index contributed by atoms with van der Waals surface area (Å²) in [5.74, 6) is -1.84. The molecule has 8 heteroatoms. The average molecular weight is 590 g/mol. The highest BCUT2D eigenvalue weighted by atomic mass is 16.5. The van der Waals surface area contributed by atoms with Crippen molar-refractivity contribution in [1.29, 1.82) is 5.26 Å². The molecule has 0 spiro atoms. The number of ether oxygens (including phenoxy) is 2. The van der Waals surface area contributed by atoms with Gasteiger partial charge in [-0.25, -0.2) is 4.79 Å². The van der Waals surface area contributed by atoms with Crippen LogP contribution in [0.3, 0.4) is 0 Å². The van der Waals surface area contributed by atoms with Crippen LogP contribution in [0.2, 0.25) is 0 Å². The summed E-state index contributed by atoms with van der Waals surface area (Å²) in [6, 6.07) is 32.6. The predicted octanol–water partition coefficient (Wildman–Crippen LogP) is 5.67. The van der Waals surface area contributed by atoms with Crippen LogP contribution in [0, 0.1) is 11.3 Å². The van der Waals surface area contributed by atoms with Crippen molar-refractivity contribution in [3.63, 3.8) is 0 Å². The van der Waals surface area contributed by atoms with E-state index < -0.39 is 29.9 Å². The number of carbonyl (C=O) groups is 3. The molecule has 2 atom stereocenters. The smallest absolute Gasteiger partial charge is 0.337 e. The van der Waals surface area contributed by atoms with E-state index in [0.29, 0.717) is 17.5 Å². The minimum absolute atomic E-state index is 0.0789. The number of hydrogen-bond donors (Lipinski definition) is 1. The van der Waals surface area contributed by atoms with E-state index in [0.717, 1.165) is 11.1 Å². The molecule has 0 heterocycles. The number of para-hydroxylation sites is 1. The standard InChI is InChI=1S/C36H35N3O5/c1-3-31(38)35(41)39(29(22-37)24-44-23-25-13-12-18-28(21-25)36(42)43-2)32-20-11-10-19-30(32)34(40)33(26-14-6-4-7-15-26)27-16-8-5-9-17-27/h4-21,29,31,33H,3,23-24,38H2,1-2H3. The molecule has 0 saturated heterocycles. The van der Waals surface area contributed by atoms with Gasteiger partial charge in [0.25, 0.3) is 0 Å². The number of nitrogens with two attached hydrogens (primary N) is 1. The van der Waals surface area contributed by atoms with Crippen LogP contribution in [0.15, 0.2) is 109 Å². The number of amides is 1. The van der Waals surface area contributed by atoms with Crippen molar-refractivity contribution in [3.8, 4) is 6.07 Å². The van der Waals surface area contributed by atoms with Gasteiger partial charge in [-0.1, -0.05) is 91.9 Å². The van der Waals surface area contributed by atoms with Crippen LogP contribution in [0.4, 0.5) is 5.69 Å². The molecule has 4 rings (SSSR count). The number of rotatable bonds is 13. The Morgan fingerprint density at radius 1 is 0.864 bits per heavy atom. The number of esters is 1. The van der Waals surface area contributed by atoms with Crippen LogP contribution in [-0.2, 0) is 20.9 Å². The van der Waals surface area contributed by atoms with E-state index >= 15 is 0 Å². The normalized spacial score (nSPS) is 12.2. The zero-order chi connectivity index (χ0) is 31.5. The molecule has 4 aromatic rings. The Bertz CT molecular complexity index is 1580. The lowest BCUT2D eigenvalue weighted by atomic mass is 9.84. The fourth-order valence-corrected chi connectivity index (χ4v) is 4.99. The highest BCUT2D eigenvalue weighted by Gasteiger charge is 2.34. The van der Waals surface area contributed by atoms with E-state index in [1.165, 1.54) is 12.0 Å². The average Bonchev–Trinajstić information content (AvgIpc) is 3.08. The molecule has 0 fully saturated rings. The summed E-state index contributed by atoms with van der Waals surface area (Å²) in [4.78, 5) is 41.4. The molecule has 0 aliphatic heterocycles. The number of methoxy groups -OCH3 is 1. The molecule has 224 valence electrons. The van der Waals surface area contributed by atoms with Crippen molar-refractivity contribution in [2.45, 2.75) is 38.0 Å². The Balaban J connectivity index is 1.70. The maximum absolute atomic E-state index is 14.4. The fraction of sp³-hybridized carbons (Fsp3) is 0.222. The highest BCUT2D eigenvalue weighted by molar-refractivity contribution is 6.10. The Morgan fingerprint density at radius 2 is 1.48 bits per heavy atom. The lowest BCUT2D eigenvalue weighted by Gasteiger charge is -2.31. The zero-order valence-corrected chi connectivity index (χ0v) is 24.8. The van der Waals surface area contributed by atoms with E-state index in [2.05, 4.69) is 6.07 Å². The second-order valence-electron chi connectivity index (χ2n) is 10.2. The van der Waals surface area contributed by atoms with E-state index in [-0.39, 0.29) is 30.2 Å². The van der Waals surface area contributed by atoms with Gasteiger partial charge in [0.1, 0.15) is 6.04 Å². The lowest BCUT2D eigenvalue weighted by molar-refractivity contribution is -0.120. The summed E-state index contributed by atoms with van der Waals surface area (Å²) in [6.45, 7) is 1.70. The van der Waals surface area contributed by atoms with Gasteiger partial charge in [-0.05, 0) is 47.4 Å². The number of carbonyl (C=O) groups excluding carboxylic acids is 3. The molecule has 0 bridgehead atoms. The first kappa shape index (κ1) is 31.8. The fourth-order valence-electron chi connectivity index (χ4n) is 4.99. The summed E-state index contributed by atoms with van der Waals surface area (Å²) in [5.41, 5.74) is 9.46. The van der Waals surface area contributed by atoms with Crippen molar-refractivity contribution in [2.24, 2.45) is 5.73 Å². The molecule has 0 aromatic heterocycles. The van der Waals surface area contributed by atoms with Crippen LogP contribution in [0.1, 0.15) is 56.7 Å². The number of nitrogens with zero attached hydrogens (tertiary/aromatic N) is 2. The van der Waals surface area contributed by atoms with Gasteiger partial charge in [0.05, 0.1) is 49.6 Å². The first-order chi connectivity index (χ1) is 21.4. The summed E-state index contributed by atoms with van der Waals surface area (Å²) in [7, 11) is 1.31. The molecule has 0 aliphatic carbocycles. The molecule has 0 aliphatic rings. The van der Waals surface area contributed by atoms with Crippen molar-refractivity contribution < 1.29 is 23.9 Å². The molecule has 4 aromatic carbocycles. The van der Waals surface area contributed by atoms with Crippen LogP contribution < -0.4 is 10.6 Å².